The predicted molar refractivity (Wildman–Crippen MR) is 112 cm³/mol. The van der Waals surface area contributed by atoms with Gasteiger partial charge in [0.05, 0.1) is 23.1 Å². The summed E-state index contributed by atoms with van der Waals surface area (Å²) in [5, 5.41) is 7.30. The Bertz CT molecular complexity index is 1190. The van der Waals surface area contributed by atoms with Gasteiger partial charge in [-0.3, -0.25) is 9.48 Å². The maximum atomic E-state index is 12.4. The molecule has 0 atom stereocenters. The summed E-state index contributed by atoms with van der Waals surface area (Å²) < 4.78 is 7.42. The maximum absolute atomic E-state index is 12.4. The van der Waals surface area contributed by atoms with Crippen molar-refractivity contribution in [2.45, 2.75) is 0 Å². The second kappa shape index (κ2) is 8.18. The Hall–Kier alpha value is -3.98. The van der Waals surface area contributed by atoms with Gasteiger partial charge in [-0.05, 0) is 36.4 Å². The van der Waals surface area contributed by atoms with Crippen LogP contribution in [0.15, 0.2) is 61.2 Å². The number of nitrogens with two attached hydrogens (primary N) is 1. The minimum Gasteiger partial charge on any atom is -0.436 e. The van der Waals surface area contributed by atoms with Gasteiger partial charge >= 0.3 is 0 Å². The highest BCUT2D eigenvalue weighted by Crippen LogP contribution is 2.27. The minimum absolute atomic E-state index is 0.151. The van der Waals surface area contributed by atoms with E-state index >= 15 is 0 Å². The first kappa shape index (κ1) is 19.3. The van der Waals surface area contributed by atoms with Crippen molar-refractivity contribution < 1.29 is 9.53 Å². The number of carbonyl (C=O) groups is 1. The number of aromatic nitrogens is 5. The predicted octanol–water partition coefficient (Wildman–Crippen LogP) is 3.55. The van der Waals surface area contributed by atoms with Gasteiger partial charge in [-0.15, -0.1) is 0 Å². The third kappa shape index (κ3) is 4.36. The molecule has 9 nitrogen and oxygen atoms in total. The number of anilines is 2. The number of nitrogens with one attached hydrogen (secondary N) is 1. The van der Waals surface area contributed by atoms with Gasteiger partial charge in [0.15, 0.2) is 5.82 Å². The van der Waals surface area contributed by atoms with Gasteiger partial charge in [-0.2, -0.15) is 5.10 Å². The molecule has 30 heavy (non-hydrogen) atoms. The van der Waals surface area contributed by atoms with Crippen molar-refractivity contribution in [1.82, 2.24) is 24.7 Å². The van der Waals surface area contributed by atoms with Crippen LogP contribution in [0.5, 0.6) is 11.6 Å². The van der Waals surface area contributed by atoms with E-state index in [-0.39, 0.29) is 17.6 Å². The Labute approximate surface area is 176 Å². The number of halogens is 1. The van der Waals surface area contributed by atoms with Crippen LogP contribution in [0.1, 0.15) is 10.4 Å². The Morgan fingerprint density at radius 2 is 1.90 bits per heavy atom. The first-order chi connectivity index (χ1) is 14.5. The molecule has 0 radical (unpaired) electrons. The number of rotatable bonds is 5. The number of hydrogen-bond acceptors (Lipinski definition) is 7. The highest BCUT2D eigenvalue weighted by Gasteiger charge is 2.12. The molecule has 0 saturated heterocycles. The Kier molecular flexibility index (Phi) is 5.27. The summed E-state index contributed by atoms with van der Waals surface area (Å²) in [6.07, 6.45) is 6.50. The van der Waals surface area contributed by atoms with Crippen LogP contribution in [0.25, 0.3) is 11.3 Å². The molecule has 0 saturated carbocycles. The van der Waals surface area contributed by atoms with Crippen molar-refractivity contribution in [3.05, 3.63) is 71.8 Å². The van der Waals surface area contributed by atoms with Crippen LogP contribution >= 0.6 is 11.6 Å². The molecule has 3 N–H and O–H groups in total. The van der Waals surface area contributed by atoms with Crippen LogP contribution in [-0.2, 0) is 7.05 Å². The number of pyridine rings is 1. The van der Waals surface area contributed by atoms with E-state index < -0.39 is 0 Å². The van der Waals surface area contributed by atoms with E-state index in [4.69, 9.17) is 22.1 Å². The van der Waals surface area contributed by atoms with Gasteiger partial charge < -0.3 is 15.8 Å². The summed E-state index contributed by atoms with van der Waals surface area (Å²) >= 11 is 5.79. The van der Waals surface area contributed by atoms with Crippen molar-refractivity contribution in [3.8, 4) is 22.9 Å². The average Bonchev–Trinajstić information content (AvgIpc) is 3.18. The smallest absolute Gasteiger partial charge is 0.263 e. The molecule has 0 aliphatic carbocycles. The lowest BCUT2D eigenvalue weighted by Crippen LogP contribution is -2.12. The summed E-state index contributed by atoms with van der Waals surface area (Å²) in [4.78, 5) is 24.9. The lowest BCUT2D eigenvalue weighted by Gasteiger charge is -2.09. The quantitative estimate of drug-likeness (QED) is 0.505. The third-order valence-corrected chi connectivity index (χ3v) is 4.29. The topological polar surface area (TPSA) is 121 Å². The zero-order valence-electron chi connectivity index (χ0n) is 15.8. The second-order valence-corrected chi connectivity index (χ2v) is 6.73. The molecule has 1 amide bonds. The van der Waals surface area contributed by atoms with Gasteiger partial charge in [0.1, 0.15) is 11.6 Å². The average molecular weight is 422 g/mol. The fourth-order valence-electron chi connectivity index (χ4n) is 2.57. The highest BCUT2D eigenvalue weighted by molar-refractivity contribution is 6.30. The summed E-state index contributed by atoms with van der Waals surface area (Å²) in [6, 6.07) is 9.79. The van der Waals surface area contributed by atoms with Crippen LogP contribution in [0.2, 0.25) is 5.02 Å². The molecule has 4 aromatic rings. The fraction of sp³-hybridized carbons (Fsp3) is 0.0500. The van der Waals surface area contributed by atoms with Crippen molar-refractivity contribution >= 4 is 29.1 Å². The van der Waals surface area contributed by atoms with E-state index in [9.17, 15) is 4.79 Å². The van der Waals surface area contributed by atoms with Crippen molar-refractivity contribution in [1.29, 1.82) is 0 Å². The van der Waals surface area contributed by atoms with Gasteiger partial charge in [-0.1, -0.05) is 11.6 Å². The molecule has 4 rings (SSSR count). The van der Waals surface area contributed by atoms with Crippen LogP contribution in [0.3, 0.4) is 0 Å². The van der Waals surface area contributed by atoms with Crippen LogP contribution in [0.4, 0.5) is 11.6 Å². The third-order valence-electron chi connectivity index (χ3n) is 4.07. The summed E-state index contributed by atoms with van der Waals surface area (Å²) in [7, 11) is 1.81. The first-order valence-electron chi connectivity index (χ1n) is 8.80. The monoisotopic (exact) mass is 421 g/mol. The Morgan fingerprint density at radius 1 is 1.10 bits per heavy atom. The van der Waals surface area contributed by atoms with Gasteiger partial charge in [-0.25, -0.2) is 15.0 Å². The van der Waals surface area contributed by atoms with Crippen LogP contribution in [-0.4, -0.2) is 30.6 Å². The lowest BCUT2D eigenvalue weighted by molar-refractivity contribution is 0.102. The number of carbonyl (C=O) groups excluding carboxylic acids is 1. The van der Waals surface area contributed by atoms with E-state index in [1.165, 1.54) is 6.20 Å². The number of amides is 1. The van der Waals surface area contributed by atoms with E-state index in [0.717, 1.165) is 5.56 Å². The molecule has 0 bridgehead atoms. The highest BCUT2D eigenvalue weighted by atomic mass is 35.5. The molecule has 1 aromatic carbocycles. The molecule has 150 valence electrons. The standard InChI is InChI=1S/C20H16ClN7O2/c1-28-11-13(8-25-28)16-10-24-18(22)20(26-16)30-15-5-2-12(3-6-15)19(29)27-17-7-4-14(21)9-23-17/h2-11H,1H3,(H2,22,24)(H,23,27,29). The van der Waals surface area contributed by atoms with Crippen molar-refractivity contribution in [3.63, 3.8) is 0 Å². The maximum Gasteiger partial charge on any atom is 0.263 e. The van der Waals surface area contributed by atoms with E-state index in [1.807, 2.05) is 13.2 Å². The number of aryl methyl sites for hydroxylation is 1. The molecule has 0 aliphatic rings. The molecule has 0 fully saturated rings. The number of nitrogens with zero attached hydrogens (tertiary/aromatic N) is 5. The van der Waals surface area contributed by atoms with E-state index in [1.54, 1.807) is 53.5 Å². The minimum atomic E-state index is -0.311. The largest absolute Gasteiger partial charge is 0.436 e. The van der Waals surface area contributed by atoms with Crippen molar-refractivity contribution in [2.75, 3.05) is 11.1 Å². The summed E-state index contributed by atoms with van der Waals surface area (Å²) in [6.45, 7) is 0. The summed E-state index contributed by atoms with van der Waals surface area (Å²) in [5.41, 5.74) is 7.70. The molecule has 0 spiro atoms. The molecule has 0 unspecified atom stereocenters. The van der Waals surface area contributed by atoms with Gasteiger partial charge in [0, 0.05) is 30.6 Å². The number of ether oxygens (including phenoxy) is 1. The first-order valence-corrected chi connectivity index (χ1v) is 9.18. The molecular weight excluding hydrogens is 406 g/mol. The SMILES string of the molecule is Cn1cc(-c2cnc(N)c(Oc3ccc(C(=O)Nc4ccc(Cl)cn4)cc3)n2)cn1. The normalized spacial score (nSPS) is 10.6. The summed E-state index contributed by atoms with van der Waals surface area (Å²) in [5.74, 6) is 0.868. The second-order valence-electron chi connectivity index (χ2n) is 6.29. The van der Waals surface area contributed by atoms with Crippen LogP contribution < -0.4 is 15.8 Å². The number of benzene rings is 1. The van der Waals surface area contributed by atoms with Crippen molar-refractivity contribution in [2.24, 2.45) is 7.05 Å². The molecule has 3 heterocycles. The zero-order chi connectivity index (χ0) is 21.1. The fourth-order valence-corrected chi connectivity index (χ4v) is 2.69. The van der Waals surface area contributed by atoms with Gasteiger partial charge in [0.2, 0.25) is 0 Å². The van der Waals surface area contributed by atoms with E-state index in [2.05, 4.69) is 25.4 Å². The van der Waals surface area contributed by atoms with Crippen LogP contribution in [0, 0.1) is 0 Å². The number of hydrogen-bond donors (Lipinski definition) is 2. The Balaban J connectivity index is 1.48. The molecule has 0 aliphatic heterocycles. The lowest BCUT2D eigenvalue weighted by atomic mass is 10.2. The molecule has 10 heteroatoms. The molecule has 3 aromatic heterocycles. The number of nitrogen functional groups attached to an aromatic ring is 1. The molecular formula is C20H16ClN7O2. The van der Waals surface area contributed by atoms with E-state index in [0.29, 0.717) is 27.8 Å². The van der Waals surface area contributed by atoms with Gasteiger partial charge in [0.25, 0.3) is 11.8 Å². The zero-order valence-corrected chi connectivity index (χ0v) is 16.5. The Morgan fingerprint density at radius 3 is 2.57 bits per heavy atom.